The SMILES string of the molecule is CC1C(=O)N2CCCC2C(=O)N1CCC1CCC1. The number of carbonyl (C=O) groups excluding carboxylic acids is 2. The Hall–Kier alpha value is -1.06. The highest BCUT2D eigenvalue weighted by Crippen LogP contribution is 2.31. The minimum Gasteiger partial charge on any atom is -0.329 e. The van der Waals surface area contributed by atoms with Gasteiger partial charge in [0.2, 0.25) is 11.8 Å². The molecule has 0 aromatic rings. The lowest BCUT2D eigenvalue weighted by atomic mass is 9.83. The molecule has 100 valence electrons. The average molecular weight is 250 g/mol. The second kappa shape index (κ2) is 4.56. The molecule has 3 aliphatic rings. The van der Waals surface area contributed by atoms with Crippen LogP contribution in [0.1, 0.15) is 45.4 Å². The fourth-order valence-corrected chi connectivity index (χ4v) is 3.45. The predicted octanol–water partition coefficient (Wildman–Crippen LogP) is 1.40. The van der Waals surface area contributed by atoms with Crippen LogP contribution >= 0.6 is 0 Å². The van der Waals surface area contributed by atoms with E-state index >= 15 is 0 Å². The minimum absolute atomic E-state index is 0.143. The number of rotatable bonds is 3. The zero-order chi connectivity index (χ0) is 12.7. The van der Waals surface area contributed by atoms with Crippen LogP contribution in [-0.4, -0.2) is 46.8 Å². The first-order chi connectivity index (χ1) is 8.68. The van der Waals surface area contributed by atoms with Gasteiger partial charge in [-0.2, -0.15) is 0 Å². The van der Waals surface area contributed by atoms with E-state index in [0.29, 0.717) is 0 Å². The van der Waals surface area contributed by atoms with Crippen LogP contribution in [0.2, 0.25) is 0 Å². The van der Waals surface area contributed by atoms with Crippen LogP contribution < -0.4 is 0 Å². The highest BCUT2D eigenvalue weighted by atomic mass is 16.2. The fraction of sp³-hybridized carbons (Fsp3) is 0.857. The lowest BCUT2D eigenvalue weighted by molar-refractivity contribution is -0.158. The van der Waals surface area contributed by atoms with Gasteiger partial charge in [-0.25, -0.2) is 0 Å². The van der Waals surface area contributed by atoms with Crippen molar-refractivity contribution in [2.45, 2.75) is 57.5 Å². The maximum atomic E-state index is 12.4. The third kappa shape index (κ3) is 1.82. The minimum atomic E-state index is -0.244. The van der Waals surface area contributed by atoms with Crippen LogP contribution in [0.25, 0.3) is 0 Å². The summed E-state index contributed by atoms with van der Waals surface area (Å²) < 4.78 is 0. The third-order valence-corrected chi connectivity index (χ3v) is 4.93. The van der Waals surface area contributed by atoms with Gasteiger partial charge in [0.25, 0.3) is 0 Å². The Balaban J connectivity index is 1.67. The topological polar surface area (TPSA) is 40.6 Å². The van der Waals surface area contributed by atoms with Crippen molar-refractivity contribution < 1.29 is 9.59 Å². The lowest BCUT2D eigenvalue weighted by Crippen LogP contribution is -2.62. The van der Waals surface area contributed by atoms with Crippen molar-refractivity contribution in [3.05, 3.63) is 0 Å². The zero-order valence-electron chi connectivity index (χ0n) is 11.1. The van der Waals surface area contributed by atoms with Crippen molar-refractivity contribution in [1.82, 2.24) is 9.80 Å². The number of fused-ring (bicyclic) bond motifs is 1. The summed E-state index contributed by atoms with van der Waals surface area (Å²) in [6, 6.07) is -0.387. The van der Waals surface area contributed by atoms with E-state index in [0.717, 1.165) is 38.3 Å². The monoisotopic (exact) mass is 250 g/mol. The summed E-state index contributed by atoms with van der Waals surface area (Å²) in [6.45, 7) is 3.44. The highest BCUT2D eigenvalue weighted by molar-refractivity contribution is 5.97. The van der Waals surface area contributed by atoms with E-state index in [-0.39, 0.29) is 23.9 Å². The molecule has 3 rings (SSSR count). The number of hydrogen-bond acceptors (Lipinski definition) is 2. The van der Waals surface area contributed by atoms with Crippen LogP contribution in [0.5, 0.6) is 0 Å². The maximum Gasteiger partial charge on any atom is 0.246 e. The van der Waals surface area contributed by atoms with Gasteiger partial charge in [0.15, 0.2) is 0 Å². The molecule has 4 nitrogen and oxygen atoms in total. The summed E-state index contributed by atoms with van der Waals surface area (Å²) in [5.41, 5.74) is 0. The van der Waals surface area contributed by atoms with Gasteiger partial charge >= 0.3 is 0 Å². The second-order valence-corrected chi connectivity index (χ2v) is 5.98. The Kier molecular flexibility index (Phi) is 3.04. The standard InChI is InChI=1S/C14H22N2O2/c1-10-13(17)16-8-3-6-12(16)14(18)15(10)9-7-11-4-2-5-11/h10-12H,2-9H2,1H3. The van der Waals surface area contributed by atoms with Crippen LogP contribution in [0.4, 0.5) is 0 Å². The molecule has 0 radical (unpaired) electrons. The van der Waals surface area contributed by atoms with Crippen LogP contribution in [-0.2, 0) is 9.59 Å². The van der Waals surface area contributed by atoms with E-state index in [1.807, 2.05) is 11.8 Å². The molecule has 2 atom stereocenters. The summed E-state index contributed by atoms with van der Waals surface area (Å²) in [5, 5.41) is 0. The molecule has 0 aromatic carbocycles. The van der Waals surface area contributed by atoms with Crippen molar-refractivity contribution >= 4 is 11.8 Å². The number of piperazine rings is 1. The number of hydrogen-bond donors (Lipinski definition) is 0. The molecule has 0 aromatic heterocycles. The summed E-state index contributed by atoms with van der Waals surface area (Å²) in [6.07, 6.45) is 6.86. The summed E-state index contributed by atoms with van der Waals surface area (Å²) in [4.78, 5) is 28.3. The normalized spacial score (nSPS) is 32.7. The Morgan fingerprint density at radius 2 is 1.89 bits per heavy atom. The van der Waals surface area contributed by atoms with Crippen molar-refractivity contribution in [3.63, 3.8) is 0 Å². The quantitative estimate of drug-likeness (QED) is 0.759. The van der Waals surface area contributed by atoms with Crippen molar-refractivity contribution in [1.29, 1.82) is 0 Å². The third-order valence-electron chi connectivity index (χ3n) is 4.93. The highest BCUT2D eigenvalue weighted by Gasteiger charge is 2.45. The van der Waals surface area contributed by atoms with E-state index in [1.165, 1.54) is 19.3 Å². The molecule has 18 heavy (non-hydrogen) atoms. The Morgan fingerprint density at radius 1 is 1.11 bits per heavy atom. The van der Waals surface area contributed by atoms with E-state index in [9.17, 15) is 9.59 Å². The van der Waals surface area contributed by atoms with Gasteiger partial charge in [0.05, 0.1) is 0 Å². The van der Waals surface area contributed by atoms with Crippen molar-refractivity contribution in [2.75, 3.05) is 13.1 Å². The molecule has 0 bridgehead atoms. The average Bonchev–Trinajstić information content (AvgIpc) is 2.77. The molecule has 2 amide bonds. The molecule has 2 heterocycles. The first kappa shape index (κ1) is 12.0. The Labute approximate surface area is 108 Å². The van der Waals surface area contributed by atoms with E-state index < -0.39 is 0 Å². The molecule has 1 saturated carbocycles. The molecular formula is C14H22N2O2. The molecule has 4 heteroatoms. The molecule has 3 fully saturated rings. The second-order valence-electron chi connectivity index (χ2n) is 5.98. The van der Waals surface area contributed by atoms with Gasteiger partial charge in [0, 0.05) is 13.1 Å². The molecule has 1 aliphatic carbocycles. The smallest absolute Gasteiger partial charge is 0.246 e. The molecular weight excluding hydrogens is 228 g/mol. The number of carbonyl (C=O) groups is 2. The zero-order valence-corrected chi connectivity index (χ0v) is 11.1. The van der Waals surface area contributed by atoms with Gasteiger partial charge in [-0.1, -0.05) is 19.3 Å². The maximum absolute atomic E-state index is 12.4. The van der Waals surface area contributed by atoms with Gasteiger partial charge in [0.1, 0.15) is 12.1 Å². The van der Waals surface area contributed by atoms with E-state index in [4.69, 9.17) is 0 Å². The van der Waals surface area contributed by atoms with Gasteiger partial charge in [-0.05, 0) is 32.1 Å². The van der Waals surface area contributed by atoms with Crippen LogP contribution in [0, 0.1) is 5.92 Å². The molecule has 2 unspecified atom stereocenters. The summed E-state index contributed by atoms with van der Waals surface area (Å²) >= 11 is 0. The molecule has 2 saturated heterocycles. The summed E-state index contributed by atoms with van der Waals surface area (Å²) in [5.74, 6) is 1.14. The molecule has 2 aliphatic heterocycles. The largest absolute Gasteiger partial charge is 0.329 e. The van der Waals surface area contributed by atoms with Crippen molar-refractivity contribution in [3.8, 4) is 0 Å². The molecule has 0 N–H and O–H groups in total. The Morgan fingerprint density at radius 3 is 2.56 bits per heavy atom. The van der Waals surface area contributed by atoms with E-state index in [1.54, 1.807) is 4.90 Å². The van der Waals surface area contributed by atoms with Crippen LogP contribution in [0.15, 0.2) is 0 Å². The Bertz CT molecular complexity index is 365. The lowest BCUT2D eigenvalue weighted by Gasteiger charge is -2.41. The first-order valence-electron chi connectivity index (χ1n) is 7.29. The summed E-state index contributed by atoms with van der Waals surface area (Å²) in [7, 11) is 0. The number of amides is 2. The first-order valence-corrected chi connectivity index (χ1v) is 7.29. The van der Waals surface area contributed by atoms with Gasteiger partial charge in [-0.3, -0.25) is 9.59 Å². The van der Waals surface area contributed by atoms with Gasteiger partial charge in [-0.15, -0.1) is 0 Å². The predicted molar refractivity (Wildman–Crippen MR) is 67.9 cm³/mol. The van der Waals surface area contributed by atoms with Crippen LogP contribution in [0.3, 0.4) is 0 Å². The van der Waals surface area contributed by atoms with Gasteiger partial charge < -0.3 is 9.80 Å². The number of nitrogens with zero attached hydrogens (tertiary/aromatic N) is 2. The molecule has 0 spiro atoms. The van der Waals surface area contributed by atoms with Crippen molar-refractivity contribution in [2.24, 2.45) is 5.92 Å². The van der Waals surface area contributed by atoms with E-state index in [2.05, 4.69) is 0 Å². The fourth-order valence-electron chi connectivity index (χ4n) is 3.45.